The van der Waals surface area contributed by atoms with E-state index in [1.807, 2.05) is 0 Å². The number of phosphoric acid groups is 1. The van der Waals surface area contributed by atoms with Crippen molar-refractivity contribution in [3.05, 3.63) is 30.1 Å². The number of pyridine rings is 1. The predicted molar refractivity (Wildman–Crippen MR) is 102 cm³/mol. The third-order valence-electron chi connectivity index (χ3n) is 4.47. The molecule has 1 aromatic rings. The minimum atomic E-state index is -5.22. The lowest BCUT2D eigenvalue weighted by Crippen LogP contribution is -2.50. The van der Waals surface area contributed by atoms with E-state index in [0.29, 0.717) is 6.42 Å². The van der Waals surface area contributed by atoms with Gasteiger partial charge < -0.3 is 56.1 Å². The van der Waals surface area contributed by atoms with Crippen LogP contribution in [0.2, 0.25) is 0 Å². The lowest BCUT2D eigenvalue weighted by Gasteiger charge is -2.30. The zero-order chi connectivity index (χ0) is 24.5. The molecule has 0 radical (unpaired) electrons. The van der Waals surface area contributed by atoms with Crippen LogP contribution in [-0.4, -0.2) is 64.7 Å². The number of carboxylic acid groups (broad SMARTS) is 1. The van der Waals surface area contributed by atoms with Crippen LogP contribution in [0, 0.1) is 0 Å². The van der Waals surface area contributed by atoms with Gasteiger partial charge in [0.1, 0.15) is 23.8 Å². The highest BCUT2D eigenvalue weighted by Gasteiger charge is 2.48. The largest absolute Gasteiger partial charge is 0.790 e. The topological polar surface area (TPSA) is 260 Å². The lowest BCUT2D eigenvalue weighted by molar-refractivity contribution is -0.765. The Hall–Kier alpha value is -2.00. The lowest BCUT2D eigenvalue weighted by atomic mass is 10.1. The van der Waals surface area contributed by atoms with Crippen LogP contribution in [0.4, 0.5) is 0 Å². The van der Waals surface area contributed by atoms with Gasteiger partial charge in [0.05, 0.1) is 21.0 Å². The summed E-state index contributed by atoms with van der Waals surface area (Å²) in [5.74, 6) is -1.61. The molecule has 14 nitrogen and oxygen atoms in total. The molecule has 1 aliphatic heterocycles. The fourth-order valence-corrected chi connectivity index (χ4v) is 3.07. The number of amides is 1. The predicted octanol–water partition coefficient (Wildman–Crippen LogP) is -4.65. The van der Waals surface area contributed by atoms with Gasteiger partial charge in [0.2, 0.25) is 0 Å². The number of aliphatic hydroxyl groups is 2. The number of aromatic nitrogens is 1. The summed E-state index contributed by atoms with van der Waals surface area (Å²) in [6, 6.07) is 2.24. The minimum Gasteiger partial charge on any atom is -0.790 e. The number of aliphatic hydroxyl groups excluding tert-OH is 2. The van der Waals surface area contributed by atoms with Crippen molar-refractivity contribution in [2.45, 2.75) is 49.8 Å². The summed E-state index contributed by atoms with van der Waals surface area (Å²) >= 11 is 0. The first-order valence-electron chi connectivity index (χ1n) is 9.63. The average molecular weight is 480 g/mol. The van der Waals surface area contributed by atoms with Crippen molar-refractivity contribution in [2.24, 2.45) is 11.5 Å². The van der Waals surface area contributed by atoms with Gasteiger partial charge in [-0.05, 0) is 25.3 Å². The summed E-state index contributed by atoms with van der Waals surface area (Å²) in [5.41, 5.74) is 14.2. The average Bonchev–Trinajstić information content (AvgIpc) is 3.01. The summed E-state index contributed by atoms with van der Waals surface area (Å²) in [6.07, 6.45) is -0.0639. The Morgan fingerprint density at radius 2 is 1.97 bits per heavy atom. The Morgan fingerprint density at radius 1 is 1.31 bits per heavy atom. The van der Waals surface area contributed by atoms with Gasteiger partial charge in [0, 0.05) is 6.07 Å². The molecule has 182 valence electrons. The number of carbonyl (C=O) groups is 2. The summed E-state index contributed by atoms with van der Waals surface area (Å²) < 4.78 is 21.1. The first-order valence-corrected chi connectivity index (χ1v) is 11.1. The molecular formula is C17H29N4O10P. The number of carboxylic acids is 1. The van der Waals surface area contributed by atoms with Crippen LogP contribution < -0.4 is 31.6 Å². The van der Waals surface area contributed by atoms with Crippen molar-refractivity contribution in [2.75, 3.05) is 13.2 Å². The molecule has 0 spiro atoms. The molecule has 1 fully saturated rings. The number of unbranched alkanes of at least 4 members (excludes halogenated alkanes) is 1. The fraction of sp³-hybridized carbons (Fsp3) is 0.588. The van der Waals surface area contributed by atoms with Crippen LogP contribution >= 0.6 is 7.82 Å². The molecule has 2 heterocycles. The number of primary amides is 1. The Morgan fingerprint density at radius 3 is 2.50 bits per heavy atom. The number of ether oxygens (including phenoxy) is 1. The summed E-state index contributed by atoms with van der Waals surface area (Å²) in [6.45, 7) is 0.126. The van der Waals surface area contributed by atoms with Gasteiger partial charge >= 0.3 is 5.97 Å². The van der Waals surface area contributed by atoms with E-state index >= 15 is 0 Å². The molecule has 0 unspecified atom stereocenters. The molecule has 10 N–H and O–H groups in total. The van der Waals surface area contributed by atoms with Crippen molar-refractivity contribution >= 4 is 19.7 Å². The highest BCUT2D eigenvalue weighted by molar-refractivity contribution is 7.43. The van der Waals surface area contributed by atoms with Crippen LogP contribution in [0.3, 0.4) is 0 Å². The van der Waals surface area contributed by atoms with Crippen LogP contribution in [-0.2, 0) is 18.6 Å². The Bertz CT molecular complexity index is 807. The number of carbonyl (C=O) groups excluding carboxylic acids is 1. The van der Waals surface area contributed by atoms with Crippen molar-refractivity contribution in [1.29, 1.82) is 0 Å². The van der Waals surface area contributed by atoms with Gasteiger partial charge in [0.25, 0.3) is 12.1 Å². The molecule has 0 saturated carbocycles. The Balaban J connectivity index is 0.000000433. The molecule has 1 saturated heterocycles. The van der Waals surface area contributed by atoms with Crippen LogP contribution in [0.1, 0.15) is 35.8 Å². The molecular weight excluding hydrogens is 451 g/mol. The summed E-state index contributed by atoms with van der Waals surface area (Å²) in [5, 5.41) is 28.1. The van der Waals surface area contributed by atoms with E-state index in [9.17, 15) is 34.2 Å². The maximum atomic E-state index is 11.1. The molecule has 32 heavy (non-hydrogen) atoms. The molecule has 5 atom stereocenters. The van der Waals surface area contributed by atoms with Crippen molar-refractivity contribution in [1.82, 2.24) is 0 Å². The molecule has 0 aliphatic carbocycles. The number of nitrogens with two attached hydrogens (primary N) is 2. The molecule has 2 rings (SSSR count). The van der Waals surface area contributed by atoms with Crippen molar-refractivity contribution in [3.8, 4) is 0 Å². The molecule has 0 aromatic carbocycles. The van der Waals surface area contributed by atoms with E-state index in [1.54, 1.807) is 0 Å². The second-order valence-corrected chi connectivity index (χ2v) is 8.14. The van der Waals surface area contributed by atoms with E-state index in [0.717, 1.165) is 19.4 Å². The monoisotopic (exact) mass is 480 g/mol. The van der Waals surface area contributed by atoms with E-state index in [4.69, 9.17) is 21.3 Å². The van der Waals surface area contributed by atoms with Gasteiger partial charge in [-0.1, -0.05) is 0 Å². The molecule has 15 heteroatoms. The normalized spacial score (nSPS) is 23.8. The zero-order valence-electron chi connectivity index (χ0n) is 17.2. The molecule has 1 aromatic heterocycles. The standard InChI is InChI=1S/C11H15N2O8P.C6H14N2O2/c12-10(16)6-2-1-3-13(4-6)11-9(15)8(14)7(21-11)5-20-22(17,18)19;7-4-2-1-3-5(8)6(9)10/h1-4,7-9,11,14-15H,5H2,(H3-,12,16,17,18,19);5H,1-4,7-8H2,(H,9,10)/t7-,8-,9-,11-;5-/m10/s1. The van der Waals surface area contributed by atoms with E-state index in [2.05, 4.69) is 10.3 Å². The van der Waals surface area contributed by atoms with Crippen LogP contribution in [0.25, 0.3) is 0 Å². The van der Waals surface area contributed by atoms with E-state index in [-0.39, 0.29) is 5.56 Å². The van der Waals surface area contributed by atoms with E-state index < -0.39 is 56.9 Å². The number of nitrogens with zero attached hydrogens (tertiary/aromatic N) is 1. The Kier molecular flexibility index (Phi) is 11.3. The highest BCUT2D eigenvalue weighted by atomic mass is 31.2. The summed E-state index contributed by atoms with van der Waals surface area (Å²) in [7, 11) is -5.22. The van der Waals surface area contributed by atoms with Gasteiger partial charge in [0.15, 0.2) is 18.5 Å². The van der Waals surface area contributed by atoms with Gasteiger partial charge in [-0.2, -0.15) is 4.57 Å². The number of aliphatic carboxylic acids is 1. The fourth-order valence-electron chi connectivity index (χ4n) is 2.74. The second-order valence-electron chi connectivity index (χ2n) is 6.99. The third kappa shape index (κ3) is 9.24. The highest BCUT2D eigenvalue weighted by Crippen LogP contribution is 2.30. The number of hydrogen-bond donors (Lipinski definition) is 6. The molecule has 1 amide bonds. The van der Waals surface area contributed by atoms with Gasteiger partial charge in [-0.3, -0.25) is 9.59 Å². The Labute approximate surface area is 183 Å². The van der Waals surface area contributed by atoms with E-state index in [1.165, 1.54) is 29.1 Å². The number of hydrogen-bond acceptors (Lipinski definition) is 10. The maximum absolute atomic E-state index is 11.1. The third-order valence-corrected chi connectivity index (χ3v) is 4.93. The van der Waals surface area contributed by atoms with Crippen LogP contribution in [0.15, 0.2) is 24.5 Å². The SMILES string of the molecule is NC(=O)c1ccc[n+]([C@@H]2O[C@H](COP(=O)([O-])[O-])[C@@H](O)[C@H]2O)c1.N[C@@H](CCCC[NH3+])C(=O)O. The van der Waals surface area contributed by atoms with Crippen LogP contribution in [0.5, 0.6) is 0 Å². The minimum absolute atomic E-state index is 0.149. The first-order chi connectivity index (χ1) is 14.9. The van der Waals surface area contributed by atoms with Gasteiger partial charge in [-0.25, -0.2) is 0 Å². The quantitative estimate of drug-likeness (QED) is 0.105. The number of quaternary nitrogens is 1. The second kappa shape index (κ2) is 12.9. The summed E-state index contributed by atoms with van der Waals surface area (Å²) in [4.78, 5) is 42.2. The zero-order valence-corrected chi connectivity index (χ0v) is 18.1. The molecule has 0 bridgehead atoms. The molecule has 1 aliphatic rings. The van der Waals surface area contributed by atoms with Gasteiger partial charge in [-0.15, -0.1) is 0 Å². The first kappa shape index (κ1) is 28.0. The smallest absolute Gasteiger partial charge is 0.320 e. The number of rotatable bonds is 10. The maximum Gasteiger partial charge on any atom is 0.320 e. The van der Waals surface area contributed by atoms with Crippen molar-refractivity contribution < 1.29 is 58.8 Å². The number of phosphoric ester groups is 1. The van der Waals surface area contributed by atoms with Crippen molar-refractivity contribution in [3.63, 3.8) is 0 Å².